The molecule has 3 rings (SSSR count). The number of nitrogens with two attached hydrogens (primary N) is 1. The van der Waals surface area contributed by atoms with Gasteiger partial charge in [-0.1, -0.05) is 12.1 Å². The van der Waals surface area contributed by atoms with E-state index < -0.39 is 0 Å². The van der Waals surface area contributed by atoms with Crippen molar-refractivity contribution in [2.45, 2.75) is 20.4 Å². The topological polar surface area (TPSA) is 56.7 Å². The molecule has 1 aromatic carbocycles. The first kappa shape index (κ1) is 11.7. The third-order valence-electron chi connectivity index (χ3n) is 3.36. The van der Waals surface area contributed by atoms with Gasteiger partial charge in [-0.25, -0.2) is 4.98 Å². The molecule has 96 valence electrons. The lowest BCUT2D eigenvalue weighted by molar-refractivity contribution is 0.801. The molecule has 19 heavy (non-hydrogen) atoms. The van der Waals surface area contributed by atoms with E-state index >= 15 is 0 Å². The maximum Gasteiger partial charge on any atom is 0.201 e. The van der Waals surface area contributed by atoms with Gasteiger partial charge in [-0.15, -0.1) is 0 Å². The van der Waals surface area contributed by atoms with Gasteiger partial charge in [-0.3, -0.25) is 4.98 Å². The second kappa shape index (κ2) is 4.39. The van der Waals surface area contributed by atoms with E-state index in [1.807, 2.05) is 29.0 Å². The number of benzene rings is 1. The van der Waals surface area contributed by atoms with E-state index in [2.05, 4.69) is 35.9 Å². The maximum absolute atomic E-state index is 6.03. The Kier molecular flexibility index (Phi) is 2.71. The Morgan fingerprint density at radius 3 is 2.84 bits per heavy atom. The zero-order valence-electron chi connectivity index (χ0n) is 11.1. The van der Waals surface area contributed by atoms with Crippen molar-refractivity contribution in [3.05, 3.63) is 53.3 Å². The molecule has 3 aromatic rings. The van der Waals surface area contributed by atoms with Gasteiger partial charge in [-0.2, -0.15) is 0 Å². The molecule has 0 spiro atoms. The summed E-state index contributed by atoms with van der Waals surface area (Å²) in [7, 11) is 0. The van der Waals surface area contributed by atoms with Crippen molar-refractivity contribution < 1.29 is 0 Å². The second-order valence-electron chi connectivity index (χ2n) is 4.82. The number of nitrogens with zero attached hydrogens (tertiary/aromatic N) is 3. The quantitative estimate of drug-likeness (QED) is 0.763. The van der Waals surface area contributed by atoms with E-state index in [1.165, 1.54) is 5.56 Å². The third-order valence-corrected chi connectivity index (χ3v) is 3.36. The molecule has 0 unspecified atom stereocenters. The minimum absolute atomic E-state index is 0.533. The van der Waals surface area contributed by atoms with Crippen molar-refractivity contribution in [1.29, 1.82) is 0 Å². The monoisotopic (exact) mass is 252 g/mol. The number of aromatic nitrogens is 3. The summed E-state index contributed by atoms with van der Waals surface area (Å²) in [6.45, 7) is 4.78. The summed E-state index contributed by atoms with van der Waals surface area (Å²) in [5.41, 5.74) is 11.4. The highest BCUT2D eigenvalue weighted by Crippen LogP contribution is 2.20. The summed E-state index contributed by atoms with van der Waals surface area (Å²) in [5, 5.41) is 0. The molecule has 0 radical (unpaired) electrons. The summed E-state index contributed by atoms with van der Waals surface area (Å²) in [6, 6.07) is 10.2. The summed E-state index contributed by atoms with van der Waals surface area (Å²) in [5.74, 6) is 0.533. The lowest BCUT2D eigenvalue weighted by atomic mass is 10.2. The number of nitrogen functional groups attached to an aromatic ring is 1. The Balaban J connectivity index is 2.12. The first-order valence-electron chi connectivity index (χ1n) is 6.28. The third kappa shape index (κ3) is 2.05. The Morgan fingerprint density at radius 2 is 2.05 bits per heavy atom. The Bertz CT molecular complexity index is 743. The molecule has 0 bridgehead atoms. The maximum atomic E-state index is 6.03. The van der Waals surface area contributed by atoms with Gasteiger partial charge in [0.25, 0.3) is 0 Å². The predicted octanol–water partition coefficient (Wildman–Crippen LogP) is 2.68. The lowest BCUT2D eigenvalue weighted by Crippen LogP contribution is -2.07. The number of rotatable bonds is 2. The van der Waals surface area contributed by atoms with Gasteiger partial charge < -0.3 is 10.3 Å². The van der Waals surface area contributed by atoms with Gasteiger partial charge in [0.15, 0.2) is 0 Å². The van der Waals surface area contributed by atoms with Crippen LogP contribution in [-0.2, 0) is 6.54 Å². The Hall–Kier alpha value is -2.36. The van der Waals surface area contributed by atoms with Crippen molar-refractivity contribution >= 4 is 17.0 Å². The van der Waals surface area contributed by atoms with Crippen molar-refractivity contribution in [1.82, 2.24) is 14.5 Å². The van der Waals surface area contributed by atoms with Gasteiger partial charge in [0, 0.05) is 6.20 Å². The lowest BCUT2D eigenvalue weighted by Gasteiger charge is -2.08. The highest BCUT2D eigenvalue weighted by Gasteiger charge is 2.10. The molecule has 2 heterocycles. The average Bonchev–Trinajstić information content (AvgIpc) is 2.69. The van der Waals surface area contributed by atoms with Crippen LogP contribution >= 0.6 is 0 Å². The Morgan fingerprint density at radius 1 is 1.21 bits per heavy atom. The number of fused-ring (bicyclic) bond motifs is 1. The van der Waals surface area contributed by atoms with Crippen LogP contribution in [0.15, 0.2) is 36.5 Å². The zero-order valence-corrected chi connectivity index (χ0v) is 11.1. The van der Waals surface area contributed by atoms with Crippen LogP contribution in [0.5, 0.6) is 0 Å². The van der Waals surface area contributed by atoms with Gasteiger partial charge >= 0.3 is 0 Å². The highest BCUT2D eigenvalue weighted by atomic mass is 15.2. The predicted molar refractivity (Wildman–Crippen MR) is 77.0 cm³/mol. The van der Waals surface area contributed by atoms with Gasteiger partial charge in [0.2, 0.25) is 5.95 Å². The van der Waals surface area contributed by atoms with E-state index in [0.29, 0.717) is 12.5 Å². The first-order chi connectivity index (χ1) is 9.15. The Labute approximate surface area is 111 Å². The molecule has 0 aliphatic heterocycles. The minimum atomic E-state index is 0.533. The van der Waals surface area contributed by atoms with Crippen LogP contribution in [0.25, 0.3) is 11.0 Å². The van der Waals surface area contributed by atoms with Gasteiger partial charge in [0.1, 0.15) is 0 Å². The number of hydrogen-bond acceptors (Lipinski definition) is 3. The largest absolute Gasteiger partial charge is 0.369 e. The van der Waals surface area contributed by atoms with Crippen molar-refractivity contribution in [3.63, 3.8) is 0 Å². The van der Waals surface area contributed by atoms with Crippen molar-refractivity contribution in [3.8, 4) is 0 Å². The summed E-state index contributed by atoms with van der Waals surface area (Å²) in [6.07, 6.45) is 1.81. The molecule has 0 aliphatic rings. The summed E-state index contributed by atoms with van der Waals surface area (Å²) < 4.78 is 2.01. The van der Waals surface area contributed by atoms with E-state index in [4.69, 9.17) is 5.73 Å². The number of aryl methyl sites for hydroxylation is 2. The normalized spacial score (nSPS) is 11.1. The fourth-order valence-corrected chi connectivity index (χ4v) is 2.25. The molecule has 0 aliphatic carbocycles. The molecule has 0 saturated heterocycles. The molecule has 2 aromatic heterocycles. The minimum Gasteiger partial charge on any atom is -0.369 e. The van der Waals surface area contributed by atoms with Crippen LogP contribution in [0.1, 0.15) is 16.8 Å². The highest BCUT2D eigenvalue weighted by molar-refractivity contribution is 5.79. The fourth-order valence-electron chi connectivity index (χ4n) is 2.25. The molecule has 0 saturated carbocycles. The van der Waals surface area contributed by atoms with Gasteiger partial charge in [-0.05, 0) is 43.2 Å². The molecule has 0 fully saturated rings. The van der Waals surface area contributed by atoms with E-state index in [1.54, 1.807) is 0 Å². The number of hydrogen-bond donors (Lipinski definition) is 1. The number of anilines is 1. The van der Waals surface area contributed by atoms with Crippen LogP contribution in [0.2, 0.25) is 0 Å². The standard InChI is InChI=1S/C15H16N4/c1-10-5-6-12-14(8-10)19(15(16)18-12)9-13-11(2)4-3-7-17-13/h3-8H,9H2,1-2H3,(H2,16,18). The summed E-state index contributed by atoms with van der Waals surface area (Å²) >= 11 is 0. The SMILES string of the molecule is Cc1ccc2nc(N)n(Cc3ncccc3C)c2c1. The van der Waals surface area contributed by atoms with Gasteiger partial charge in [0.05, 0.1) is 23.3 Å². The van der Waals surface area contributed by atoms with Crippen LogP contribution in [0.4, 0.5) is 5.95 Å². The van der Waals surface area contributed by atoms with Crippen LogP contribution < -0.4 is 5.73 Å². The van der Waals surface area contributed by atoms with Crippen molar-refractivity contribution in [2.75, 3.05) is 5.73 Å². The molecule has 4 nitrogen and oxygen atoms in total. The molecule has 0 atom stereocenters. The van der Waals surface area contributed by atoms with Crippen LogP contribution in [0.3, 0.4) is 0 Å². The van der Waals surface area contributed by atoms with Crippen LogP contribution in [0, 0.1) is 13.8 Å². The zero-order chi connectivity index (χ0) is 13.4. The second-order valence-corrected chi connectivity index (χ2v) is 4.82. The average molecular weight is 252 g/mol. The van der Waals surface area contributed by atoms with Crippen LogP contribution in [-0.4, -0.2) is 14.5 Å². The first-order valence-corrected chi connectivity index (χ1v) is 6.28. The van der Waals surface area contributed by atoms with E-state index in [0.717, 1.165) is 22.3 Å². The molecular weight excluding hydrogens is 236 g/mol. The number of imidazole rings is 1. The van der Waals surface area contributed by atoms with Crippen molar-refractivity contribution in [2.24, 2.45) is 0 Å². The molecule has 2 N–H and O–H groups in total. The van der Waals surface area contributed by atoms with E-state index in [9.17, 15) is 0 Å². The molecule has 0 amide bonds. The fraction of sp³-hybridized carbons (Fsp3) is 0.200. The van der Waals surface area contributed by atoms with E-state index in [-0.39, 0.29) is 0 Å². The number of pyridine rings is 1. The molecular formula is C15H16N4. The smallest absolute Gasteiger partial charge is 0.201 e. The summed E-state index contributed by atoms with van der Waals surface area (Å²) in [4.78, 5) is 8.81. The molecule has 4 heteroatoms.